The van der Waals surface area contributed by atoms with Crippen molar-refractivity contribution in [2.45, 2.75) is 50.4 Å². The number of rotatable bonds is 3. The molecule has 25 heavy (non-hydrogen) atoms. The van der Waals surface area contributed by atoms with Gasteiger partial charge in [0.2, 0.25) is 0 Å². The highest BCUT2D eigenvalue weighted by Gasteiger charge is 2.42. The molecule has 4 rings (SSSR count). The average Bonchev–Trinajstić information content (AvgIpc) is 3.21. The summed E-state index contributed by atoms with van der Waals surface area (Å²) in [5, 5.41) is 12.6. The monoisotopic (exact) mass is 344 g/mol. The summed E-state index contributed by atoms with van der Waals surface area (Å²) in [5.41, 5.74) is 1.11. The van der Waals surface area contributed by atoms with Crippen LogP contribution in [0.15, 0.2) is 41.0 Å². The second-order valence-electron chi connectivity index (χ2n) is 6.86. The maximum atomic E-state index is 14.3. The van der Waals surface area contributed by atoms with Gasteiger partial charge in [-0.3, -0.25) is 0 Å². The van der Waals surface area contributed by atoms with Crippen molar-refractivity contribution in [3.05, 3.63) is 48.0 Å². The largest absolute Gasteiger partial charge is 0.464 e. The fourth-order valence-corrected chi connectivity index (χ4v) is 4.03. The average molecular weight is 344 g/mol. The summed E-state index contributed by atoms with van der Waals surface area (Å²) in [5.74, 6) is 0.240. The summed E-state index contributed by atoms with van der Waals surface area (Å²) < 4.78 is 19.6. The van der Waals surface area contributed by atoms with Gasteiger partial charge in [-0.05, 0) is 43.9 Å². The van der Waals surface area contributed by atoms with Crippen molar-refractivity contribution < 1.29 is 18.7 Å². The van der Waals surface area contributed by atoms with E-state index in [1.165, 1.54) is 6.07 Å². The molecule has 2 aliphatic heterocycles. The molecule has 132 valence electrons. The molecule has 5 nitrogen and oxygen atoms in total. The third kappa shape index (κ3) is 3.14. The summed E-state index contributed by atoms with van der Waals surface area (Å²) in [6.45, 7) is 0.140. The molecule has 1 aromatic carbocycles. The molecule has 2 amide bonds. The lowest BCUT2D eigenvalue weighted by Gasteiger charge is -2.37. The van der Waals surface area contributed by atoms with Gasteiger partial charge in [-0.1, -0.05) is 12.1 Å². The first kappa shape index (κ1) is 16.1. The quantitative estimate of drug-likeness (QED) is 0.898. The number of urea groups is 1. The van der Waals surface area contributed by atoms with Gasteiger partial charge in [-0.15, -0.1) is 0 Å². The molecule has 0 radical (unpaired) electrons. The van der Waals surface area contributed by atoms with Gasteiger partial charge in [0.1, 0.15) is 11.6 Å². The number of fused-ring (bicyclic) bond motifs is 2. The molecule has 2 saturated heterocycles. The molecule has 1 aromatic heterocycles. The Morgan fingerprint density at radius 3 is 2.68 bits per heavy atom. The number of amides is 2. The molecule has 2 N–H and O–H groups in total. The first-order valence-electron chi connectivity index (χ1n) is 8.68. The molecule has 0 saturated carbocycles. The molecule has 2 aliphatic rings. The number of carbonyl (C=O) groups is 1. The van der Waals surface area contributed by atoms with E-state index in [4.69, 9.17) is 4.42 Å². The number of nitrogens with zero attached hydrogens (tertiary/aromatic N) is 1. The highest BCUT2D eigenvalue weighted by atomic mass is 19.1. The van der Waals surface area contributed by atoms with E-state index in [-0.39, 0.29) is 36.6 Å². The number of furan rings is 1. The van der Waals surface area contributed by atoms with Crippen LogP contribution in [0.25, 0.3) is 11.3 Å². The van der Waals surface area contributed by atoms with E-state index in [0.717, 1.165) is 12.8 Å². The summed E-state index contributed by atoms with van der Waals surface area (Å²) in [4.78, 5) is 14.3. The number of halogens is 1. The Hall–Kier alpha value is -2.34. The Kier molecular flexibility index (Phi) is 4.21. The van der Waals surface area contributed by atoms with Crippen LogP contribution in [0, 0.1) is 5.82 Å². The first-order valence-corrected chi connectivity index (χ1v) is 8.68. The Labute approximate surface area is 145 Å². The molecule has 2 bridgehead atoms. The predicted molar refractivity (Wildman–Crippen MR) is 90.2 cm³/mol. The van der Waals surface area contributed by atoms with Crippen molar-refractivity contribution in [2.75, 3.05) is 0 Å². The zero-order valence-corrected chi connectivity index (χ0v) is 13.8. The van der Waals surface area contributed by atoms with Crippen LogP contribution in [0.2, 0.25) is 0 Å². The van der Waals surface area contributed by atoms with E-state index in [1.807, 2.05) is 4.90 Å². The molecule has 2 aromatic rings. The first-order chi connectivity index (χ1) is 12.1. The fourth-order valence-electron chi connectivity index (χ4n) is 4.03. The normalized spacial score (nSPS) is 25.2. The van der Waals surface area contributed by atoms with Crippen LogP contribution >= 0.6 is 0 Å². The molecule has 2 fully saturated rings. The summed E-state index contributed by atoms with van der Waals surface area (Å²) in [6.07, 6.45) is 4.37. The fraction of sp³-hybridized carbons (Fsp3) is 0.421. The van der Waals surface area contributed by atoms with E-state index in [2.05, 4.69) is 5.32 Å². The van der Waals surface area contributed by atoms with Gasteiger partial charge in [0, 0.05) is 29.8 Å². The SMILES string of the molecule is O=C(NCc1ccc(-c2ccco2)cc1F)N1C2CCC1CC(O)C2. The van der Waals surface area contributed by atoms with E-state index in [1.54, 1.807) is 30.5 Å². The molecule has 3 heterocycles. The van der Waals surface area contributed by atoms with E-state index in [9.17, 15) is 14.3 Å². The zero-order valence-electron chi connectivity index (χ0n) is 13.8. The molecular formula is C19H21FN2O3. The third-order valence-corrected chi connectivity index (χ3v) is 5.23. The summed E-state index contributed by atoms with van der Waals surface area (Å²) in [6, 6.07) is 8.42. The minimum Gasteiger partial charge on any atom is -0.464 e. The van der Waals surface area contributed by atoms with Crippen molar-refractivity contribution in [3.8, 4) is 11.3 Å². The molecule has 6 heteroatoms. The third-order valence-electron chi connectivity index (χ3n) is 5.23. The van der Waals surface area contributed by atoms with Crippen LogP contribution in [-0.4, -0.2) is 34.2 Å². The van der Waals surface area contributed by atoms with Gasteiger partial charge in [-0.25, -0.2) is 9.18 Å². The highest BCUT2D eigenvalue weighted by Crippen LogP contribution is 2.35. The van der Waals surface area contributed by atoms with Crippen molar-refractivity contribution >= 4 is 6.03 Å². The van der Waals surface area contributed by atoms with Crippen molar-refractivity contribution in [3.63, 3.8) is 0 Å². The number of hydrogen-bond acceptors (Lipinski definition) is 3. The van der Waals surface area contributed by atoms with Crippen LogP contribution < -0.4 is 5.32 Å². The van der Waals surface area contributed by atoms with Crippen LogP contribution in [-0.2, 0) is 6.54 Å². The van der Waals surface area contributed by atoms with E-state index >= 15 is 0 Å². The second-order valence-corrected chi connectivity index (χ2v) is 6.86. The van der Waals surface area contributed by atoms with E-state index in [0.29, 0.717) is 29.7 Å². The Balaban J connectivity index is 1.41. The topological polar surface area (TPSA) is 65.7 Å². The van der Waals surface area contributed by atoms with Crippen molar-refractivity contribution in [1.82, 2.24) is 10.2 Å². The van der Waals surface area contributed by atoms with Gasteiger partial charge in [0.25, 0.3) is 0 Å². The summed E-state index contributed by atoms with van der Waals surface area (Å²) in [7, 11) is 0. The highest BCUT2D eigenvalue weighted by molar-refractivity contribution is 5.75. The van der Waals surface area contributed by atoms with Gasteiger partial charge < -0.3 is 19.7 Å². The Morgan fingerprint density at radius 1 is 1.28 bits per heavy atom. The van der Waals surface area contributed by atoms with Crippen LogP contribution in [0.4, 0.5) is 9.18 Å². The lowest BCUT2D eigenvalue weighted by atomic mass is 10.0. The van der Waals surface area contributed by atoms with Crippen molar-refractivity contribution in [1.29, 1.82) is 0 Å². The molecular weight excluding hydrogens is 323 g/mol. The lowest BCUT2D eigenvalue weighted by Crippen LogP contribution is -2.51. The van der Waals surface area contributed by atoms with Crippen LogP contribution in [0.5, 0.6) is 0 Å². The summed E-state index contributed by atoms with van der Waals surface area (Å²) >= 11 is 0. The van der Waals surface area contributed by atoms with Gasteiger partial charge in [0.15, 0.2) is 0 Å². The molecule has 0 spiro atoms. The zero-order chi connectivity index (χ0) is 17.4. The molecule has 0 aliphatic carbocycles. The number of carbonyl (C=O) groups excluding carboxylic acids is 1. The van der Waals surface area contributed by atoms with Crippen LogP contribution in [0.3, 0.4) is 0 Å². The second kappa shape index (κ2) is 6.52. The Bertz CT molecular complexity index is 748. The number of aliphatic hydroxyl groups is 1. The lowest BCUT2D eigenvalue weighted by molar-refractivity contribution is 0.0541. The smallest absolute Gasteiger partial charge is 0.318 e. The van der Waals surface area contributed by atoms with Gasteiger partial charge >= 0.3 is 6.03 Å². The van der Waals surface area contributed by atoms with Gasteiger partial charge in [0.05, 0.1) is 12.4 Å². The number of nitrogens with one attached hydrogen (secondary N) is 1. The van der Waals surface area contributed by atoms with Gasteiger partial charge in [-0.2, -0.15) is 0 Å². The molecule has 2 atom stereocenters. The number of hydrogen-bond donors (Lipinski definition) is 2. The van der Waals surface area contributed by atoms with E-state index < -0.39 is 0 Å². The standard InChI is InChI=1S/C19H21FN2O3/c20-17-8-12(18-2-1-7-25-18)3-4-13(17)11-21-19(24)22-14-5-6-15(22)10-16(23)9-14/h1-4,7-8,14-16,23H,5-6,9-11H2,(H,21,24). The van der Waals surface area contributed by atoms with Crippen molar-refractivity contribution in [2.24, 2.45) is 0 Å². The minimum absolute atomic E-state index is 0.0972. The molecule has 2 unspecified atom stereocenters. The Morgan fingerprint density at radius 2 is 2.04 bits per heavy atom. The maximum absolute atomic E-state index is 14.3. The maximum Gasteiger partial charge on any atom is 0.318 e. The predicted octanol–water partition coefficient (Wildman–Crippen LogP) is 3.28. The number of piperidine rings is 1. The minimum atomic E-state index is -0.369. The number of aliphatic hydroxyl groups excluding tert-OH is 1. The van der Waals surface area contributed by atoms with Crippen LogP contribution in [0.1, 0.15) is 31.2 Å². The number of benzene rings is 1.